The van der Waals surface area contributed by atoms with Crippen LogP contribution >= 0.6 is 0 Å². The van der Waals surface area contributed by atoms with Crippen molar-refractivity contribution in [3.05, 3.63) is 24.2 Å². The summed E-state index contributed by atoms with van der Waals surface area (Å²) in [6, 6.07) is 0. The van der Waals surface area contributed by atoms with E-state index in [1.165, 1.54) is 20.3 Å². The average molecular weight is 198 g/mol. The molecule has 0 radical (unpaired) electrons. The number of Topliss-reactive ketones (excluding diaryl/α,β-unsaturated/α-hetero) is 1. The number of aliphatic hydroxyl groups excluding tert-OH is 1. The minimum absolute atomic E-state index is 0.132. The van der Waals surface area contributed by atoms with Crippen LogP contribution in [0, 0.1) is 5.92 Å². The molecule has 0 aromatic heterocycles. The van der Waals surface area contributed by atoms with E-state index < -0.39 is 11.5 Å². The van der Waals surface area contributed by atoms with Gasteiger partial charge in [0.25, 0.3) is 0 Å². The molecule has 0 saturated carbocycles. The number of methoxy groups -OCH3 is 2. The van der Waals surface area contributed by atoms with Crippen LogP contribution in [0.4, 0.5) is 0 Å². The third kappa shape index (κ3) is 1.07. The maximum Gasteiger partial charge on any atom is 0.207 e. The summed E-state index contributed by atoms with van der Waals surface area (Å²) in [6.45, 7) is 5.26. The molecule has 4 nitrogen and oxygen atoms in total. The van der Waals surface area contributed by atoms with Crippen molar-refractivity contribution in [3.8, 4) is 0 Å². The average Bonchev–Trinajstić information content (AvgIpc) is 2.39. The Balaban J connectivity index is 3.31. The van der Waals surface area contributed by atoms with Gasteiger partial charge in [0.15, 0.2) is 11.4 Å². The van der Waals surface area contributed by atoms with Crippen molar-refractivity contribution in [1.82, 2.24) is 0 Å². The van der Waals surface area contributed by atoms with Crippen molar-refractivity contribution in [2.24, 2.45) is 5.92 Å². The summed E-state index contributed by atoms with van der Waals surface area (Å²) in [5.74, 6) is -1.14. The molecule has 2 atom stereocenters. The number of ether oxygens (including phenoxy) is 2. The molecule has 1 rings (SSSR count). The predicted octanol–water partition coefficient (Wildman–Crippen LogP) is 1.19. The highest BCUT2D eigenvalue weighted by Crippen LogP contribution is 2.40. The molecule has 0 spiro atoms. The van der Waals surface area contributed by atoms with Crippen LogP contribution in [-0.4, -0.2) is 30.7 Å². The van der Waals surface area contributed by atoms with Gasteiger partial charge in [-0.05, 0) is 0 Å². The second-order valence-electron chi connectivity index (χ2n) is 3.17. The van der Waals surface area contributed by atoms with Gasteiger partial charge in [-0.2, -0.15) is 0 Å². The van der Waals surface area contributed by atoms with Gasteiger partial charge in [0.1, 0.15) is 0 Å². The SMILES string of the molecule is C=C[C@@]1(OC)C(OC)=C(O)C(=O)[C@H]1C. The van der Waals surface area contributed by atoms with E-state index in [0.717, 1.165) is 0 Å². The summed E-state index contributed by atoms with van der Waals surface area (Å²) in [7, 11) is 2.83. The van der Waals surface area contributed by atoms with E-state index in [4.69, 9.17) is 9.47 Å². The van der Waals surface area contributed by atoms with Crippen molar-refractivity contribution in [2.45, 2.75) is 12.5 Å². The maximum absolute atomic E-state index is 11.5. The third-order valence-corrected chi connectivity index (χ3v) is 2.69. The molecule has 0 aromatic carbocycles. The molecule has 0 aromatic rings. The molecule has 0 fully saturated rings. The zero-order chi connectivity index (χ0) is 10.9. The lowest BCUT2D eigenvalue weighted by Gasteiger charge is -2.29. The predicted molar refractivity (Wildman–Crippen MR) is 50.8 cm³/mol. The minimum atomic E-state index is -1.03. The third-order valence-electron chi connectivity index (χ3n) is 2.69. The lowest BCUT2D eigenvalue weighted by molar-refractivity contribution is -0.124. The van der Waals surface area contributed by atoms with Gasteiger partial charge in [-0.3, -0.25) is 4.79 Å². The summed E-state index contributed by atoms with van der Waals surface area (Å²) in [5.41, 5.74) is -1.03. The van der Waals surface area contributed by atoms with Gasteiger partial charge in [0.05, 0.1) is 13.0 Å². The smallest absolute Gasteiger partial charge is 0.207 e. The van der Waals surface area contributed by atoms with Gasteiger partial charge >= 0.3 is 0 Å². The molecular formula is C10H14O4. The molecule has 0 amide bonds. The van der Waals surface area contributed by atoms with Crippen molar-refractivity contribution >= 4 is 5.78 Å². The van der Waals surface area contributed by atoms with Gasteiger partial charge in [0, 0.05) is 7.11 Å². The van der Waals surface area contributed by atoms with Crippen LogP contribution in [0.25, 0.3) is 0 Å². The van der Waals surface area contributed by atoms with E-state index in [-0.39, 0.29) is 17.3 Å². The molecule has 0 bridgehead atoms. The van der Waals surface area contributed by atoms with Gasteiger partial charge < -0.3 is 14.6 Å². The lowest BCUT2D eigenvalue weighted by atomic mass is 9.90. The van der Waals surface area contributed by atoms with E-state index in [1.807, 2.05) is 0 Å². The summed E-state index contributed by atoms with van der Waals surface area (Å²) >= 11 is 0. The molecule has 0 aliphatic heterocycles. The fourth-order valence-electron chi connectivity index (χ4n) is 1.77. The van der Waals surface area contributed by atoms with Crippen LogP contribution in [0.1, 0.15) is 6.92 Å². The Morgan fingerprint density at radius 2 is 2.14 bits per heavy atom. The molecule has 1 aliphatic carbocycles. The Labute approximate surface area is 82.8 Å². The van der Waals surface area contributed by atoms with Gasteiger partial charge in [-0.15, -0.1) is 0 Å². The highest BCUT2D eigenvalue weighted by molar-refractivity contribution is 6.00. The van der Waals surface area contributed by atoms with Crippen LogP contribution in [0.15, 0.2) is 24.2 Å². The first-order valence-corrected chi connectivity index (χ1v) is 4.25. The van der Waals surface area contributed by atoms with Crippen molar-refractivity contribution in [2.75, 3.05) is 14.2 Å². The Hall–Kier alpha value is -1.29. The monoisotopic (exact) mass is 198 g/mol. The summed E-state index contributed by atoms with van der Waals surface area (Å²) in [6.07, 6.45) is 1.47. The first-order valence-electron chi connectivity index (χ1n) is 4.25. The standard InChI is InChI=1S/C10H14O4/c1-5-10(14-4)6(2)7(11)8(12)9(10)13-3/h5-6,12H,1H2,2-4H3/t6-,10+/m1/s1. The molecule has 0 heterocycles. The molecule has 14 heavy (non-hydrogen) atoms. The zero-order valence-electron chi connectivity index (χ0n) is 8.53. The maximum atomic E-state index is 11.5. The first kappa shape index (κ1) is 10.8. The van der Waals surface area contributed by atoms with Gasteiger partial charge in [0.2, 0.25) is 11.5 Å². The summed E-state index contributed by atoms with van der Waals surface area (Å²) < 4.78 is 10.2. The van der Waals surface area contributed by atoms with Crippen molar-refractivity contribution < 1.29 is 19.4 Å². The Morgan fingerprint density at radius 3 is 2.43 bits per heavy atom. The summed E-state index contributed by atoms with van der Waals surface area (Å²) in [5, 5.41) is 9.50. The van der Waals surface area contributed by atoms with Crippen LogP contribution < -0.4 is 0 Å². The lowest BCUT2D eigenvalue weighted by Crippen LogP contribution is -2.37. The van der Waals surface area contributed by atoms with Crippen molar-refractivity contribution in [1.29, 1.82) is 0 Å². The minimum Gasteiger partial charge on any atom is -0.502 e. The van der Waals surface area contributed by atoms with Crippen LogP contribution in [0.5, 0.6) is 0 Å². The van der Waals surface area contributed by atoms with E-state index in [0.29, 0.717) is 0 Å². The zero-order valence-corrected chi connectivity index (χ0v) is 8.53. The number of rotatable bonds is 3. The molecule has 1 N–H and O–H groups in total. The van der Waals surface area contributed by atoms with Crippen LogP contribution in [0.3, 0.4) is 0 Å². The Kier molecular flexibility index (Phi) is 2.66. The fourth-order valence-corrected chi connectivity index (χ4v) is 1.77. The van der Waals surface area contributed by atoms with Gasteiger partial charge in [-0.25, -0.2) is 0 Å². The van der Waals surface area contributed by atoms with E-state index >= 15 is 0 Å². The number of carbonyl (C=O) groups is 1. The van der Waals surface area contributed by atoms with E-state index in [9.17, 15) is 9.90 Å². The molecule has 78 valence electrons. The molecule has 4 heteroatoms. The number of hydrogen-bond acceptors (Lipinski definition) is 4. The van der Waals surface area contributed by atoms with Gasteiger partial charge in [-0.1, -0.05) is 19.6 Å². The first-order chi connectivity index (χ1) is 6.55. The largest absolute Gasteiger partial charge is 0.502 e. The number of carbonyl (C=O) groups excluding carboxylic acids is 1. The van der Waals surface area contributed by atoms with Crippen LogP contribution in [0.2, 0.25) is 0 Å². The topological polar surface area (TPSA) is 55.8 Å². The molecule has 0 saturated heterocycles. The molecular weight excluding hydrogens is 184 g/mol. The highest BCUT2D eigenvalue weighted by atomic mass is 16.5. The van der Waals surface area contributed by atoms with Crippen molar-refractivity contribution in [3.63, 3.8) is 0 Å². The highest BCUT2D eigenvalue weighted by Gasteiger charge is 2.52. The van der Waals surface area contributed by atoms with E-state index in [2.05, 4.69) is 6.58 Å². The molecule has 0 unspecified atom stereocenters. The second-order valence-corrected chi connectivity index (χ2v) is 3.17. The quantitative estimate of drug-likeness (QED) is 0.692. The Bertz CT molecular complexity index is 305. The summed E-state index contributed by atoms with van der Waals surface area (Å²) in [4.78, 5) is 11.5. The number of aliphatic hydroxyl groups is 1. The number of ketones is 1. The van der Waals surface area contributed by atoms with Crippen LogP contribution in [-0.2, 0) is 14.3 Å². The fraction of sp³-hybridized carbons (Fsp3) is 0.500. The number of allylic oxidation sites excluding steroid dienone is 1. The Morgan fingerprint density at radius 1 is 1.57 bits per heavy atom. The number of hydrogen-bond donors (Lipinski definition) is 1. The van der Waals surface area contributed by atoms with E-state index in [1.54, 1.807) is 6.92 Å². The molecule has 1 aliphatic rings. The second kappa shape index (κ2) is 3.46. The normalized spacial score (nSPS) is 32.2.